The number of amides is 4. The van der Waals surface area contributed by atoms with E-state index in [1.165, 1.54) is 38.6 Å². The summed E-state index contributed by atoms with van der Waals surface area (Å²) in [5.41, 5.74) is 4.40. The highest BCUT2D eigenvalue weighted by molar-refractivity contribution is 6.01. The van der Waals surface area contributed by atoms with Gasteiger partial charge in [-0.25, -0.2) is 0 Å². The Morgan fingerprint density at radius 1 is 0.538 bits per heavy atom. The molecule has 1 saturated carbocycles. The molecule has 4 aromatic carbocycles. The van der Waals surface area contributed by atoms with Crippen LogP contribution in [0.5, 0.6) is 0 Å². The molecular formula is C53H64N8O4. The highest BCUT2D eigenvalue weighted by Gasteiger charge is 2.28. The van der Waals surface area contributed by atoms with Crippen LogP contribution in [0.15, 0.2) is 122 Å². The van der Waals surface area contributed by atoms with Crippen LogP contribution in [0.4, 0.5) is 0 Å². The normalized spacial score (nSPS) is 17.4. The first-order valence-electron chi connectivity index (χ1n) is 23.7. The number of fused-ring (bicyclic) bond motifs is 2. The molecule has 1 aliphatic carbocycles. The Kier molecular flexibility index (Phi) is 15.8. The van der Waals surface area contributed by atoms with Gasteiger partial charge in [-0.05, 0) is 141 Å². The zero-order valence-corrected chi connectivity index (χ0v) is 37.3. The Bertz CT molecular complexity index is 2460. The van der Waals surface area contributed by atoms with Gasteiger partial charge in [0.2, 0.25) is 11.8 Å². The first-order valence-corrected chi connectivity index (χ1v) is 23.7. The molecule has 4 amide bonds. The first kappa shape index (κ1) is 45.3. The van der Waals surface area contributed by atoms with E-state index in [0.29, 0.717) is 36.1 Å². The summed E-state index contributed by atoms with van der Waals surface area (Å²) in [6.45, 7) is 6.75. The van der Waals surface area contributed by atoms with Gasteiger partial charge in [0.05, 0.1) is 0 Å². The summed E-state index contributed by atoms with van der Waals surface area (Å²) >= 11 is 0. The second-order valence-electron chi connectivity index (χ2n) is 18.1. The molecule has 0 bridgehead atoms. The van der Waals surface area contributed by atoms with Crippen molar-refractivity contribution in [3.05, 3.63) is 144 Å². The SMILES string of the molecule is O=C(N[C@@H](C(=O)NCC1CCN(CC2CCCCC2)CC1)c1ccccc1)c1ccc2cc[nH]c2c1.O=C(N[C@@H](C(=O)NCC1CCNCC1)c1ccccc1)c1ccc2cc[nH]c2c1. The third kappa shape index (κ3) is 12.5. The first-order chi connectivity index (χ1) is 31.9. The van der Waals surface area contributed by atoms with Crippen molar-refractivity contribution >= 4 is 45.4 Å². The number of benzene rings is 4. The smallest absolute Gasteiger partial charge is 0.252 e. The predicted molar refractivity (Wildman–Crippen MR) is 257 cm³/mol. The largest absolute Gasteiger partial charge is 0.361 e. The molecule has 65 heavy (non-hydrogen) atoms. The van der Waals surface area contributed by atoms with Crippen LogP contribution in [0.25, 0.3) is 21.8 Å². The van der Waals surface area contributed by atoms with Gasteiger partial charge in [-0.2, -0.15) is 0 Å². The van der Waals surface area contributed by atoms with Crippen LogP contribution in [-0.2, 0) is 9.59 Å². The van der Waals surface area contributed by atoms with E-state index in [4.69, 9.17) is 0 Å². The number of carbonyl (C=O) groups excluding carboxylic acids is 4. The van der Waals surface area contributed by atoms with Crippen molar-refractivity contribution in [2.75, 3.05) is 45.8 Å². The number of piperidine rings is 2. The molecule has 6 aromatic rings. The maximum Gasteiger partial charge on any atom is 0.252 e. The van der Waals surface area contributed by atoms with Crippen LogP contribution in [0.3, 0.4) is 0 Å². The van der Waals surface area contributed by atoms with Crippen molar-refractivity contribution in [3.63, 3.8) is 0 Å². The summed E-state index contributed by atoms with van der Waals surface area (Å²) < 4.78 is 0. The number of nitrogens with one attached hydrogen (secondary N) is 7. The van der Waals surface area contributed by atoms with Gasteiger partial charge in [0.1, 0.15) is 12.1 Å². The lowest BCUT2D eigenvalue weighted by atomic mass is 9.88. The lowest BCUT2D eigenvalue weighted by Gasteiger charge is -2.35. The van der Waals surface area contributed by atoms with Crippen LogP contribution in [-0.4, -0.2) is 84.3 Å². The lowest BCUT2D eigenvalue weighted by Crippen LogP contribution is -2.44. The fraction of sp³-hybridized carbons (Fsp3) is 0.396. The minimum Gasteiger partial charge on any atom is -0.361 e. The van der Waals surface area contributed by atoms with E-state index in [2.05, 4.69) is 41.5 Å². The summed E-state index contributed by atoms with van der Waals surface area (Å²) in [5, 5.41) is 17.5. The van der Waals surface area contributed by atoms with Crippen molar-refractivity contribution in [3.8, 4) is 0 Å². The number of hydrogen-bond acceptors (Lipinski definition) is 6. The minimum atomic E-state index is -0.732. The highest BCUT2D eigenvalue weighted by Crippen LogP contribution is 2.27. The minimum absolute atomic E-state index is 0.153. The standard InChI is InChI=1S/C30H38N4O2.C23H26N4O2/c35-29(26-12-11-24-13-16-31-27(24)19-26)33-28(25-9-5-2-6-10-25)30(36)32-20-22-14-17-34(18-15-22)21-23-7-3-1-4-8-23;28-22(19-7-6-17-10-13-25-20(17)14-19)27-21(18-4-2-1-3-5-18)23(29)26-15-16-8-11-24-12-9-16/h2,5-6,9-13,16,19,22-23,28,31H,1,3-4,7-8,14-15,17-18,20-21H2,(H,32,36)(H,33,35);1-7,10,13-14,16,21,24-25H,8-9,11-12,15H2,(H,26,29)(H,27,28)/t28-;21-/m11/s1. The Balaban J connectivity index is 0.000000181. The summed E-state index contributed by atoms with van der Waals surface area (Å²) in [6, 6.07) is 32.4. The molecule has 9 rings (SSSR count). The molecular weight excluding hydrogens is 813 g/mol. The second kappa shape index (κ2) is 22.6. The molecule has 12 heteroatoms. The highest BCUT2D eigenvalue weighted by atomic mass is 16.2. The van der Waals surface area contributed by atoms with Gasteiger partial charge < -0.3 is 41.5 Å². The zero-order valence-electron chi connectivity index (χ0n) is 37.3. The van der Waals surface area contributed by atoms with Crippen molar-refractivity contribution in [1.29, 1.82) is 0 Å². The third-order valence-corrected chi connectivity index (χ3v) is 13.5. The van der Waals surface area contributed by atoms with Crippen LogP contribution in [0.1, 0.15) is 102 Å². The summed E-state index contributed by atoms with van der Waals surface area (Å²) in [4.78, 5) is 61.2. The van der Waals surface area contributed by atoms with Crippen molar-refractivity contribution in [1.82, 2.24) is 41.5 Å². The topological polar surface area (TPSA) is 163 Å². The van der Waals surface area contributed by atoms with Gasteiger partial charge in [-0.15, -0.1) is 0 Å². The van der Waals surface area contributed by atoms with E-state index in [0.717, 1.165) is 90.7 Å². The van der Waals surface area contributed by atoms with E-state index in [1.54, 1.807) is 18.2 Å². The zero-order chi connectivity index (χ0) is 44.8. The summed E-state index contributed by atoms with van der Waals surface area (Å²) in [6.07, 6.45) is 15.0. The van der Waals surface area contributed by atoms with E-state index >= 15 is 0 Å². The summed E-state index contributed by atoms with van der Waals surface area (Å²) in [5.74, 6) is 0.979. The number of H-pyrrole nitrogens is 2. The predicted octanol–water partition coefficient (Wildman–Crippen LogP) is 7.80. The fourth-order valence-corrected chi connectivity index (χ4v) is 9.59. The van der Waals surface area contributed by atoms with Gasteiger partial charge >= 0.3 is 0 Å². The number of nitrogens with zero attached hydrogens (tertiary/aromatic N) is 1. The Labute approximate surface area is 382 Å². The van der Waals surface area contributed by atoms with Crippen LogP contribution >= 0.6 is 0 Å². The Hall–Kier alpha value is -6.24. The maximum atomic E-state index is 13.3. The molecule has 0 radical (unpaired) electrons. The van der Waals surface area contributed by atoms with Gasteiger partial charge in [0, 0.05) is 54.2 Å². The molecule has 3 fully saturated rings. The van der Waals surface area contributed by atoms with Gasteiger partial charge in [0.25, 0.3) is 11.8 Å². The molecule has 2 atom stereocenters. The molecule has 2 aliphatic heterocycles. The molecule has 2 aromatic heterocycles. The molecule has 12 nitrogen and oxygen atoms in total. The van der Waals surface area contributed by atoms with Crippen LogP contribution < -0.4 is 26.6 Å². The Morgan fingerprint density at radius 3 is 1.51 bits per heavy atom. The van der Waals surface area contributed by atoms with Crippen LogP contribution in [0.2, 0.25) is 0 Å². The maximum absolute atomic E-state index is 13.3. The molecule has 0 spiro atoms. The third-order valence-electron chi connectivity index (χ3n) is 13.5. The number of rotatable bonds is 14. The van der Waals surface area contributed by atoms with Gasteiger partial charge in [-0.1, -0.05) is 92.1 Å². The fourth-order valence-electron chi connectivity index (χ4n) is 9.59. The van der Waals surface area contributed by atoms with Crippen molar-refractivity contribution in [2.45, 2.75) is 69.9 Å². The second-order valence-corrected chi connectivity index (χ2v) is 18.1. The van der Waals surface area contributed by atoms with E-state index in [-0.39, 0.29) is 23.6 Å². The van der Waals surface area contributed by atoms with Crippen molar-refractivity contribution in [2.24, 2.45) is 17.8 Å². The monoisotopic (exact) mass is 877 g/mol. The molecule has 4 heterocycles. The average Bonchev–Trinajstić information content (AvgIpc) is 4.05. The molecule has 3 aliphatic rings. The average molecular weight is 877 g/mol. The summed E-state index contributed by atoms with van der Waals surface area (Å²) in [7, 11) is 0. The van der Waals surface area contributed by atoms with Gasteiger partial charge in [0.15, 0.2) is 0 Å². The number of hydrogen-bond donors (Lipinski definition) is 7. The van der Waals surface area contributed by atoms with Gasteiger partial charge in [-0.3, -0.25) is 19.2 Å². The molecule has 0 unspecified atom stereocenters. The number of carbonyl (C=O) groups is 4. The van der Waals surface area contributed by atoms with Crippen LogP contribution in [0, 0.1) is 17.8 Å². The van der Waals surface area contributed by atoms with E-state index in [1.807, 2.05) is 103 Å². The number of aromatic amines is 2. The quantitative estimate of drug-likeness (QED) is 0.0591. The van der Waals surface area contributed by atoms with E-state index < -0.39 is 12.1 Å². The number of likely N-dealkylation sites (tertiary alicyclic amines) is 1. The van der Waals surface area contributed by atoms with Crippen molar-refractivity contribution < 1.29 is 19.2 Å². The van der Waals surface area contributed by atoms with E-state index in [9.17, 15) is 19.2 Å². The lowest BCUT2D eigenvalue weighted by molar-refractivity contribution is -0.124. The Morgan fingerprint density at radius 2 is 1.02 bits per heavy atom. The molecule has 2 saturated heterocycles. The molecule has 340 valence electrons. The number of aromatic nitrogens is 2. The molecule has 7 N–H and O–H groups in total.